The molecule has 0 heterocycles. The van der Waals surface area contributed by atoms with Gasteiger partial charge in [0.25, 0.3) is 0 Å². The molecule has 0 aliphatic carbocycles. The quantitative estimate of drug-likeness (QED) is 0.624. The average Bonchev–Trinajstić information content (AvgIpc) is 2.37. The van der Waals surface area contributed by atoms with Crippen molar-refractivity contribution >= 4 is 5.57 Å². The van der Waals surface area contributed by atoms with E-state index >= 15 is 0 Å². The summed E-state index contributed by atoms with van der Waals surface area (Å²) in [5, 5.41) is 0. The van der Waals surface area contributed by atoms with E-state index in [1.165, 1.54) is 27.8 Å². The first kappa shape index (κ1) is 14.6. The van der Waals surface area contributed by atoms with Crippen LogP contribution in [0.1, 0.15) is 44.4 Å². The number of benzene rings is 2. The first-order valence-electron chi connectivity index (χ1n) is 7.16. The summed E-state index contributed by atoms with van der Waals surface area (Å²) in [6.45, 7) is 15.0. The second kappa shape index (κ2) is 5.28. The second-order valence-corrected chi connectivity index (χ2v) is 6.66. The van der Waals surface area contributed by atoms with Crippen molar-refractivity contribution in [3.63, 3.8) is 0 Å². The fourth-order valence-electron chi connectivity index (χ4n) is 2.41. The molecule has 0 heteroatoms. The van der Waals surface area contributed by atoms with Crippen molar-refractivity contribution in [1.82, 2.24) is 0 Å². The summed E-state index contributed by atoms with van der Waals surface area (Å²) in [5.41, 5.74) is 7.73. The molecule has 104 valence electrons. The third-order valence-corrected chi connectivity index (χ3v) is 3.70. The molecule has 0 spiro atoms. The number of hydrogen-bond acceptors (Lipinski definition) is 0. The van der Waals surface area contributed by atoms with Gasteiger partial charge in [-0.3, -0.25) is 0 Å². The van der Waals surface area contributed by atoms with Crippen LogP contribution in [0, 0.1) is 6.92 Å². The zero-order valence-corrected chi connectivity index (χ0v) is 13.2. The minimum Gasteiger partial charge on any atom is -0.0955 e. The highest BCUT2D eigenvalue weighted by atomic mass is 14.2. The van der Waals surface area contributed by atoms with E-state index in [2.05, 4.69) is 83.7 Å². The van der Waals surface area contributed by atoms with Crippen LogP contribution in [-0.2, 0) is 5.41 Å². The van der Waals surface area contributed by atoms with Crippen molar-refractivity contribution in [1.29, 1.82) is 0 Å². The molecule has 0 atom stereocenters. The summed E-state index contributed by atoms with van der Waals surface area (Å²) in [6, 6.07) is 15.5. The van der Waals surface area contributed by atoms with E-state index in [-0.39, 0.29) is 5.41 Å². The molecule has 0 bridgehead atoms. The monoisotopic (exact) mass is 264 g/mol. The summed E-state index contributed by atoms with van der Waals surface area (Å²) < 4.78 is 0. The van der Waals surface area contributed by atoms with Gasteiger partial charge >= 0.3 is 0 Å². The fourth-order valence-corrected chi connectivity index (χ4v) is 2.41. The first-order chi connectivity index (χ1) is 9.29. The van der Waals surface area contributed by atoms with Gasteiger partial charge in [-0.15, -0.1) is 0 Å². The molecular weight excluding hydrogens is 240 g/mol. The average molecular weight is 264 g/mol. The highest BCUT2D eigenvalue weighted by Gasteiger charge is 2.13. The SMILES string of the molecule is C=C(C)c1cc(C)ccc1-c1ccc(C(C)(C)C)cc1. The Morgan fingerprint density at radius 1 is 0.950 bits per heavy atom. The number of allylic oxidation sites excluding steroid dienone is 1. The molecule has 0 fully saturated rings. The third kappa shape index (κ3) is 3.01. The van der Waals surface area contributed by atoms with Crippen LogP contribution in [0.15, 0.2) is 49.0 Å². The van der Waals surface area contributed by atoms with Crippen molar-refractivity contribution in [3.05, 3.63) is 65.7 Å². The second-order valence-electron chi connectivity index (χ2n) is 6.66. The Kier molecular flexibility index (Phi) is 3.85. The van der Waals surface area contributed by atoms with Crippen molar-refractivity contribution in [2.45, 2.75) is 40.0 Å². The van der Waals surface area contributed by atoms with Gasteiger partial charge in [0.05, 0.1) is 0 Å². The predicted octanol–water partition coefficient (Wildman–Crippen LogP) is 5.99. The predicted molar refractivity (Wildman–Crippen MR) is 90.0 cm³/mol. The topological polar surface area (TPSA) is 0 Å². The molecule has 0 unspecified atom stereocenters. The Bertz CT molecular complexity index is 622. The van der Waals surface area contributed by atoms with Crippen LogP contribution in [0.4, 0.5) is 0 Å². The molecule has 2 aromatic carbocycles. The van der Waals surface area contributed by atoms with E-state index in [9.17, 15) is 0 Å². The largest absolute Gasteiger partial charge is 0.0955 e. The number of aryl methyl sites for hydroxylation is 1. The van der Waals surface area contributed by atoms with Gasteiger partial charge in [-0.2, -0.15) is 0 Å². The van der Waals surface area contributed by atoms with Crippen LogP contribution >= 0.6 is 0 Å². The van der Waals surface area contributed by atoms with Crippen LogP contribution in [0.3, 0.4) is 0 Å². The molecule has 2 rings (SSSR count). The maximum Gasteiger partial charge on any atom is -0.0109 e. The van der Waals surface area contributed by atoms with E-state index in [1.807, 2.05) is 0 Å². The van der Waals surface area contributed by atoms with Crippen LogP contribution in [-0.4, -0.2) is 0 Å². The highest BCUT2D eigenvalue weighted by molar-refractivity contribution is 5.80. The molecule has 20 heavy (non-hydrogen) atoms. The maximum absolute atomic E-state index is 4.11. The Morgan fingerprint density at radius 3 is 2.05 bits per heavy atom. The van der Waals surface area contributed by atoms with Crippen LogP contribution < -0.4 is 0 Å². The molecular formula is C20H24. The molecule has 0 aliphatic rings. The first-order valence-corrected chi connectivity index (χ1v) is 7.16. The Labute approximate surface area is 123 Å². The summed E-state index contributed by atoms with van der Waals surface area (Å²) in [5.74, 6) is 0. The molecule has 0 radical (unpaired) electrons. The van der Waals surface area contributed by atoms with E-state index < -0.39 is 0 Å². The Balaban J connectivity index is 2.50. The van der Waals surface area contributed by atoms with Gasteiger partial charge in [-0.1, -0.05) is 81.0 Å². The van der Waals surface area contributed by atoms with Crippen molar-refractivity contribution < 1.29 is 0 Å². The lowest BCUT2D eigenvalue weighted by atomic mass is 9.85. The fraction of sp³-hybridized carbons (Fsp3) is 0.300. The molecule has 0 amide bonds. The molecule has 0 aliphatic heterocycles. The summed E-state index contributed by atoms with van der Waals surface area (Å²) in [7, 11) is 0. The molecule has 0 saturated heterocycles. The minimum absolute atomic E-state index is 0.197. The maximum atomic E-state index is 4.11. The summed E-state index contributed by atoms with van der Waals surface area (Å²) in [4.78, 5) is 0. The zero-order valence-electron chi connectivity index (χ0n) is 13.2. The van der Waals surface area contributed by atoms with E-state index in [4.69, 9.17) is 0 Å². The van der Waals surface area contributed by atoms with E-state index in [1.54, 1.807) is 0 Å². The number of rotatable bonds is 2. The summed E-state index contributed by atoms with van der Waals surface area (Å²) in [6.07, 6.45) is 0. The van der Waals surface area contributed by atoms with Crippen molar-refractivity contribution in [3.8, 4) is 11.1 Å². The van der Waals surface area contributed by atoms with Gasteiger partial charge in [-0.25, -0.2) is 0 Å². The van der Waals surface area contributed by atoms with Gasteiger partial charge in [0.2, 0.25) is 0 Å². The van der Waals surface area contributed by atoms with Gasteiger partial charge < -0.3 is 0 Å². The van der Waals surface area contributed by atoms with Gasteiger partial charge in [-0.05, 0) is 41.5 Å². The van der Waals surface area contributed by atoms with Gasteiger partial charge in [0.15, 0.2) is 0 Å². The summed E-state index contributed by atoms with van der Waals surface area (Å²) >= 11 is 0. The molecule has 0 aromatic heterocycles. The lowest BCUT2D eigenvalue weighted by Crippen LogP contribution is -2.10. The molecule has 2 aromatic rings. The van der Waals surface area contributed by atoms with Crippen molar-refractivity contribution in [2.75, 3.05) is 0 Å². The zero-order chi connectivity index (χ0) is 14.9. The van der Waals surface area contributed by atoms with Gasteiger partial charge in [0, 0.05) is 0 Å². The lowest BCUT2D eigenvalue weighted by Gasteiger charge is -2.19. The van der Waals surface area contributed by atoms with Gasteiger partial charge in [0.1, 0.15) is 0 Å². The third-order valence-electron chi connectivity index (χ3n) is 3.70. The van der Waals surface area contributed by atoms with Crippen LogP contribution in [0.5, 0.6) is 0 Å². The minimum atomic E-state index is 0.197. The standard InChI is InChI=1S/C20H24/c1-14(2)19-13-15(3)7-12-18(19)16-8-10-17(11-9-16)20(4,5)6/h7-13H,1H2,2-6H3. The molecule has 0 saturated carbocycles. The Hall–Kier alpha value is -1.82. The number of hydrogen-bond donors (Lipinski definition) is 0. The highest BCUT2D eigenvalue weighted by Crippen LogP contribution is 2.31. The van der Waals surface area contributed by atoms with Crippen LogP contribution in [0.25, 0.3) is 16.7 Å². The normalized spacial score (nSPS) is 11.4. The van der Waals surface area contributed by atoms with Crippen molar-refractivity contribution in [2.24, 2.45) is 0 Å². The van der Waals surface area contributed by atoms with E-state index in [0.29, 0.717) is 0 Å². The smallest absolute Gasteiger partial charge is 0.0109 e. The molecule has 0 nitrogen and oxygen atoms in total. The lowest BCUT2D eigenvalue weighted by molar-refractivity contribution is 0.590. The molecule has 0 N–H and O–H groups in total. The Morgan fingerprint density at radius 2 is 1.55 bits per heavy atom. The van der Waals surface area contributed by atoms with Crippen LogP contribution in [0.2, 0.25) is 0 Å². The van der Waals surface area contributed by atoms with E-state index in [0.717, 1.165) is 5.57 Å².